The largest absolute Gasteiger partial charge is 0.357 e. The van der Waals surface area contributed by atoms with Crippen LogP contribution in [0.2, 0.25) is 0 Å². The Balaban J connectivity index is 1.62. The van der Waals surface area contributed by atoms with E-state index < -0.39 is 0 Å². The molecular weight excluding hydrogens is 324 g/mol. The fraction of sp³-hybridized carbons (Fsp3) is 0.800. The summed E-state index contributed by atoms with van der Waals surface area (Å²) in [7, 11) is 2.04. The summed E-state index contributed by atoms with van der Waals surface area (Å²) >= 11 is 0. The average Bonchev–Trinajstić information content (AvgIpc) is 3.44. The quantitative estimate of drug-likeness (QED) is 0.578. The molecule has 0 aromatic carbocycles. The third-order valence-corrected chi connectivity index (χ3v) is 5.70. The number of hydrogen-bond donors (Lipinski definition) is 2. The van der Waals surface area contributed by atoms with E-state index >= 15 is 0 Å². The molecule has 1 aliphatic heterocycles. The van der Waals surface area contributed by atoms with Gasteiger partial charge in [-0.1, -0.05) is 13.8 Å². The van der Waals surface area contributed by atoms with E-state index in [1.165, 1.54) is 55.7 Å². The van der Waals surface area contributed by atoms with Crippen molar-refractivity contribution in [1.29, 1.82) is 0 Å². The van der Waals surface area contributed by atoms with E-state index in [9.17, 15) is 0 Å². The van der Waals surface area contributed by atoms with Gasteiger partial charge in [0.25, 0.3) is 0 Å². The molecule has 2 aliphatic rings. The SMILES string of the molecule is CCNC(=NCc1c(CC)nn(C)c1CC)NC1CCN(C2CC2)CC1. The van der Waals surface area contributed by atoms with Crippen LogP contribution in [0.4, 0.5) is 0 Å². The number of nitrogens with zero attached hydrogens (tertiary/aromatic N) is 4. The highest BCUT2D eigenvalue weighted by Crippen LogP contribution is 2.29. The van der Waals surface area contributed by atoms with Gasteiger partial charge < -0.3 is 15.5 Å². The van der Waals surface area contributed by atoms with E-state index in [2.05, 4.69) is 41.4 Å². The van der Waals surface area contributed by atoms with Gasteiger partial charge in [0, 0.05) is 50.0 Å². The van der Waals surface area contributed by atoms with Crippen LogP contribution >= 0.6 is 0 Å². The molecule has 26 heavy (non-hydrogen) atoms. The minimum atomic E-state index is 0.535. The first-order valence-corrected chi connectivity index (χ1v) is 10.5. The average molecular weight is 361 g/mol. The summed E-state index contributed by atoms with van der Waals surface area (Å²) in [6.45, 7) is 10.5. The Morgan fingerprint density at radius 2 is 1.85 bits per heavy atom. The van der Waals surface area contributed by atoms with Crippen molar-refractivity contribution in [3.8, 4) is 0 Å². The van der Waals surface area contributed by atoms with Crippen LogP contribution in [0, 0.1) is 0 Å². The van der Waals surface area contributed by atoms with Crippen molar-refractivity contribution < 1.29 is 0 Å². The first-order chi connectivity index (χ1) is 12.7. The topological polar surface area (TPSA) is 57.5 Å². The molecule has 0 bridgehead atoms. The molecule has 6 nitrogen and oxygen atoms in total. The number of guanidine groups is 1. The Bertz CT molecular complexity index is 608. The number of hydrogen-bond acceptors (Lipinski definition) is 3. The van der Waals surface area contributed by atoms with E-state index in [0.29, 0.717) is 12.6 Å². The molecule has 0 amide bonds. The summed E-state index contributed by atoms with van der Waals surface area (Å²) < 4.78 is 2.03. The van der Waals surface area contributed by atoms with Gasteiger partial charge in [-0.05, 0) is 45.4 Å². The summed E-state index contributed by atoms with van der Waals surface area (Å²) in [4.78, 5) is 7.57. The van der Waals surface area contributed by atoms with Gasteiger partial charge in [0.15, 0.2) is 5.96 Å². The Morgan fingerprint density at radius 1 is 1.12 bits per heavy atom. The fourth-order valence-corrected chi connectivity index (χ4v) is 4.09. The van der Waals surface area contributed by atoms with E-state index in [0.717, 1.165) is 31.4 Å². The van der Waals surface area contributed by atoms with Crippen LogP contribution in [0.5, 0.6) is 0 Å². The van der Waals surface area contributed by atoms with Crippen molar-refractivity contribution >= 4 is 5.96 Å². The lowest BCUT2D eigenvalue weighted by Crippen LogP contribution is -2.49. The van der Waals surface area contributed by atoms with Gasteiger partial charge in [-0.2, -0.15) is 5.10 Å². The van der Waals surface area contributed by atoms with Crippen molar-refractivity contribution in [2.24, 2.45) is 12.0 Å². The summed E-state index contributed by atoms with van der Waals surface area (Å²) in [5.74, 6) is 0.949. The fourth-order valence-electron chi connectivity index (χ4n) is 4.09. The second-order valence-corrected chi connectivity index (χ2v) is 7.58. The van der Waals surface area contributed by atoms with Gasteiger partial charge in [-0.25, -0.2) is 4.99 Å². The standard InChI is InChI=1S/C20H36N6/c1-5-18-17(19(6-2)25(4)24-18)14-22-20(21-7-3)23-15-10-12-26(13-11-15)16-8-9-16/h15-16H,5-14H2,1-4H3,(H2,21,22,23). The summed E-state index contributed by atoms with van der Waals surface area (Å²) in [6, 6.07) is 1.43. The van der Waals surface area contributed by atoms with Crippen molar-refractivity contribution in [2.75, 3.05) is 19.6 Å². The van der Waals surface area contributed by atoms with Crippen molar-refractivity contribution in [1.82, 2.24) is 25.3 Å². The highest BCUT2D eigenvalue weighted by molar-refractivity contribution is 5.80. The van der Waals surface area contributed by atoms with E-state index in [-0.39, 0.29) is 0 Å². The van der Waals surface area contributed by atoms with Crippen molar-refractivity contribution in [3.05, 3.63) is 17.0 Å². The number of piperidine rings is 1. The molecule has 6 heteroatoms. The monoisotopic (exact) mass is 360 g/mol. The third-order valence-electron chi connectivity index (χ3n) is 5.70. The lowest BCUT2D eigenvalue weighted by Gasteiger charge is -2.33. The molecule has 1 saturated carbocycles. The Labute approximate surface area is 158 Å². The highest BCUT2D eigenvalue weighted by atomic mass is 15.3. The van der Waals surface area contributed by atoms with Gasteiger partial charge in [-0.3, -0.25) is 4.68 Å². The smallest absolute Gasteiger partial charge is 0.191 e. The van der Waals surface area contributed by atoms with Crippen LogP contribution in [-0.4, -0.2) is 52.4 Å². The Kier molecular flexibility index (Phi) is 6.57. The molecule has 0 radical (unpaired) electrons. The molecule has 2 fully saturated rings. The molecular formula is C20H36N6. The number of rotatable bonds is 7. The van der Waals surface area contributed by atoms with E-state index in [4.69, 9.17) is 4.99 Å². The molecule has 1 aliphatic carbocycles. The van der Waals surface area contributed by atoms with Crippen LogP contribution in [-0.2, 0) is 26.4 Å². The zero-order valence-electron chi connectivity index (χ0n) is 17.0. The minimum absolute atomic E-state index is 0.535. The van der Waals surface area contributed by atoms with Crippen LogP contribution in [0.15, 0.2) is 4.99 Å². The second-order valence-electron chi connectivity index (χ2n) is 7.58. The first kappa shape index (κ1) is 19.2. The van der Waals surface area contributed by atoms with Gasteiger partial charge in [0.05, 0.1) is 12.2 Å². The van der Waals surface area contributed by atoms with Crippen molar-refractivity contribution in [2.45, 2.75) is 77.9 Å². The lowest BCUT2D eigenvalue weighted by atomic mass is 10.1. The molecule has 1 aromatic rings. The van der Waals surface area contributed by atoms with Gasteiger partial charge in [0.1, 0.15) is 0 Å². The molecule has 1 saturated heterocycles. The maximum absolute atomic E-state index is 4.90. The number of nitrogens with one attached hydrogen (secondary N) is 2. The third kappa shape index (κ3) is 4.58. The molecule has 0 atom stereocenters. The number of aryl methyl sites for hydroxylation is 2. The zero-order valence-corrected chi connectivity index (χ0v) is 17.0. The molecule has 3 rings (SSSR count). The Morgan fingerprint density at radius 3 is 2.42 bits per heavy atom. The number of aliphatic imine (C=N–C) groups is 1. The molecule has 2 heterocycles. The van der Waals surface area contributed by atoms with Crippen molar-refractivity contribution in [3.63, 3.8) is 0 Å². The number of aromatic nitrogens is 2. The summed E-state index contributed by atoms with van der Waals surface area (Å²) in [6.07, 6.45) is 7.21. The predicted octanol–water partition coefficient (Wildman–Crippen LogP) is 2.23. The van der Waals surface area contributed by atoms with Gasteiger partial charge >= 0.3 is 0 Å². The molecule has 0 unspecified atom stereocenters. The van der Waals surface area contributed by atoms with E-state index in [1.807, 2.05) is 11.7 Å². The lowest BCUT2D eigenvalue weighted by molar-refractivity contribution is 0.197. The zero-order chi connectivity index (χ0) is 18.5. The first-order valence-electron chi connectivity index (χ1n) is 10.5. The normalized spacial score (nSPS) is 19.8. The highest BCUT2D eigenvalue weighted by Gasteiger charge is 2.31. The minimum Gasteiger partial charge on any atom is -0.357 e. The van der Waals surface area contributed by atoms with Crippen LogP contribution < -0.4 is 10.6 Å². The van der Waals surface area contributed by atoms with Gasteiger partial charge in [0.2, 0.25) is 0 Å². The predicted molar refractivity (Wildman–Crippen MR) is 108 cm³/mol. The molecule has 2 N–H and O–H groups in total. The van der Waals surface area contributed by atoms with Crippen LogP contribution in [0.1, 0.15) is 63.4 Å². The van der Waals surface area contributed by atoms with Crippen LogP contribution in [0.25, 0.3) is 0 Å². The molecule has 1 aromatic heterocycles. The van der Waals surface area contributed by atoms with Crippen LogP contribution in [0.3, 0.4) is 0 Å². The summed E-state index contributed by atoms with van der Waals surface area (Å²) in [5, 5.41) is 11.8. The maximum Gasteiger partial charge on any atom is 0.191 e. The van der Waals surface area contributed by atoms with Gasteiger partial charge in [-0.15, -0.1) is 0 Å². The summed E-state index contributed by atoms with van der Waals surface area (Å²) in [5.41, 5.74) is 3.79. The Hall–Kier alpha value is -1.56. The number of likely N-dealkylation sites (tertiary alicyclic amines) is 1. The molecule has 146 valence electrons. The second kappa shape index (κ2) is 8.89. The molecule has 0 spiro atoms. The van der Waals surface area contributed by atoms with E-state index in [1.54, 1.807) is 0 Å². The maximum atomic E-state index is 4.90.